The summed E-state index contributed by atoms with van der Waals surface area (Å²) < 4.78 is 54.9. The highest BCUT2D eigenvalue weighted by Gasteiger charge is 2.31. The van der Waals surface area contributed by atoms with Crippen molar-refractivity contribution < 1.29 is 27.4 Å². The summed E-state index contributed by atoms with van der Waals surface area (Å²) in [6.07, 6.45) is 5.43. The van der Waals surface area contributed by atoms with E-state index in [0.717, 1.165) is 25.7 Å². The molecule has 3 aromatic rings. The Morgan fingerprint density at radius 3 is 2.38 bits per heavy atom. The molecule has 39 heavy (non-hydrogen) atoms. The molecule has 208 valence electrons. The van der Waals surface area contributed by atoms with Crippen molar-refractivity contribution in [3.05, 3.63) is 35.8 Å². The molecule has 0 spiro atoms. The average Bonchev–Trinajstić information content (AvgIpc) is 3.58. The van der Waals surface area contributed by atoms with E-state index in [-0.39, 0.29) is 29.9 Å². The van der Waals surface area contributed by atoms with E-state index in [1.54, 1.807) is 10.8 Å². The van der Waals surface area contributed by atoms with Crippen LogP contribution in [0.25, 0.3) is 11.2 Å². The number of amides is 1. The number of halogens is 3. The maximum atomic E-state index is 14.4. The lowest BCUT2D eigenvalue weighted by molar-refractivity contribution is -0.140. The van der Waals surface area contributed by atoms with Crippen LogP contribution in [-0.4, -0.2) is 75.9 Å². The van der Waals surface area contributed by atoms with E-state index >= 15 is 0 Å². The molecule has 6 rings (SSSR count). The zero-order chi connectivity index (χ0) is 26.9. The molecule has 2 saturated heterocycles. The van der Waals surface area contributed by atoms with Crippen LogP contribution in [0.1, 0.15) is 38.1 Å². The van der Waals surface area contributed by atoms with Crippen molar-refractivity contribution in [2.75, 3.05) is 50.2 Å². The number of nitrogens with one attached hydrogen (secondary N) is 2. The van der Waals surface area contributed by atoms with Gasteiger partial charge in [0.15, 0.2) is 17.3 Å². The molecule has 2 aliphatic heterocycles. The first-order valence-electron chi connectivity index (χ1n) is 13.3. The molecule has 10 nitrogen and oxygen atoms in total. The molecule has 0 radical (unpaired) electrons. The third kappa shape index (κ3) is 5.37. The Morgan fingerprint density at radius 2 is 1.69 bits per heavy atom. The first-order valence-corrected chi connectivity index (χ1v) is 13.3. The number of carbonyl (C=O) groups excluding carboxylic acids is 1. The van der Waals surface area contributed by atoms with E-state index in [4.69, 9.17) is 14.5 Å². The number of nitrogens with zero attached hydrogens (tertiary/aromatic N) is 5. The lowest BCUT2D eigenvalue weighted by Gasteiger charge is -2.34. The fraction of sp³-hybridized carbons (Fsp3) is 0.538. The van der Waals surface area contributed by atoms with E-state index in [1.165, 1.54) is 0 Å². The first kappa shape index (κ1) is 25.8. The summed E-state index contributed by atoms with van der Waals surface area (Å²) in [6, 6.07) is 1.18. The predicted molar refractivity (Wildman–Crippen MR) is 136 cm³/mol. The van der Waals surface area contributed by atoms with Crippen LogP contribution in [0, 0.1) is 23.4 Å². The van der Waals surface area contributed by atoms with E-state index in [2.05, 4.69) is 20.6 Å². The zero-order valence-electron chi connectivity index (χ0n) is 21.3. The fourth-order valence-electron chi connectivity index (χ4n) is 5.60. The summed E-state index contributed by atoms with van der Waals surface area (Å²) in [5.74, 6) is -2.32. The molecule has 0 unspecified atom stereocenters. The van der Waals surface area contributed by atoms with E-state index in [1.807, 2.05) is 4.90 Å². The van der Waals surface area contributed by atoms with Crippen LogP contribution in [0.5, 0.6) is 0 Å². The highest BCUT2D eigenvalue weighted by molar-refractivity contribution is 5.79. The quantitative estimate of drug-likeness (QED) is 0.482. The van der Waals surface area contributed by atoms with Gasteiger partial charge < -0.3 is 25.0 Å². The van der Waals surface area contributed by atoms with Crippen molar-refractivity contribution in [3.63, 3.8) is 0 Å². The molecule has 3 fully saturated rings. The zero-order valence-corrected chi connectivity index (χ0v) is 21.3. The van der Waals surface area contributed by atoms with Gasteiger partial charge in [-0.1, -0.05) is 0 Å². The number of ether oxygens (including phenoxy) is 2. The molecule has 1 saturated carbocycles. The standard InChI is InChI=1S/C26H30F3N7O3/c27-16-11-19(28)22(20(29)12-16)33-26-32-21-13-30-25(34-23(21)36(26)18-5-8-39-14-18)31-17-3-1-15(2-4-17)24(37)35-6-9-38-10-7-35/h11-13,15,17-18H,1-10,14H2,(H,32,33)(H,30,31,34)/t15?,17?,18-/m0/s1. The molecule has 4 heterocycles. The maximum absolute atomic E-state index is 14.4. The van der Waals surface area contributed by atoms with Gasteiger partial charge in [-0.05, 0) is 32.1 Å². The third-order valence-electron chi connectivity index (χ3n) is 7.68. The minimum atomic E-state index is -1.06. The summed E-state index contributed by atoms with van der Waals surface area (Å²) in [4.78, 5) is 28.4. The van der Waals surface area contributed by atoms with Gasteiger partial charge in [-0.15, -0.1) is 0 Å². The number of hydrogen-bond donors (Lipinski definition) is 2. The van der Waals surface area contributed by atoms with Crippen LogP contribution in [0.15, 0.2) is 18.3 Å². The van der Waals surface area contributed by atoms with Gasteiger partial charge in [0.25, 0.3) is 0 Å². The number of morpholine rings is 1. The number of rotatable bonds is 6. The number of benzene rings is 1. The van der Waals surface area contributed by atoms with Gasteiger partial charge in [-0.25, -0.2) is 23.1 Å². The van der Waals surface area contributed by atoms with Crippen LogP contribution >= 0.6 is 0 Å². The molecule has 1 atom stereocenters. The van der Waals surface area contributed by atoms with Gasteiger partial charge in [-0.3, -0.25) is 9.36 Å². The van der Waals surface area contributed by atoms with E-state index in [9.17, 15) is 18.0 Å². The highest BCUT2D eigenvalue weighted by Crippen LogP contribution is 2.33. The molecular weight excluding hydrogens is 515 g/mol. The topological polar surface area (TPSA) is 106 Å². The number of aromatic nitrogens is 4. The number of imidazole rings is 1. The molecule has 2 N–H and O–H groups in total. The van der Waals surface area contributed by atoms with Crippen LogP contribution in [0.4, 0.5) is 30.8 Å². The van der Waals surface area contributed by atoms with Crippen molar-refractivity contribution >= 4 is 34.7 Å². The second kappa shape index (κ2) is 11.0. The summed E-state index contributed by atoms with van der Waals surface area (Å²) in [5.41, 5.74) is 0.434. The van der Waals surface area contributed by atoms with Crippen molar-refractivity contribution in [2.45, 2.75) is 44.2 Å². The number of hydrogen-bond acceptors (Lipinski definition) is 8. The first-order chi connectivity index (χ1) is 19.0. The molecule has 3 aliphatic rings. The van der Waals surface area contributed by atoms with Crippen molar-refractivity contribution in [1.29, 1.82) is 0 Å². The molecule has 1 aromatic carbocycles. The van der Waals surface area contributed by atoms with Gasteiger partial charge >= 0.3 is 0 Å². The summed E-state index contributed by atoms with van der Waals surface area (Å²) in [5, 5.41) is 6.09. The Morgan fingerprint density at radius 1 is 0.949 bits per heavy atom. The Balaban J connectivity index is 1.20. The Kier molecular flexibility index (Phi) is 7.26. The average molecular weight is 546 g/mol. The van der Waals surface area contributed by atoms with Gasteiger partial charge in [0.05, 0.1) is 32.1 Å². The van der Waals surface area contributed by atoms with Crippen LogP contribution in [0.3, 0.4) is 0 Å². The lowest BCUT2D eigenvalue weighted by Crippen LogP contribution is -2.45. The Hall–Kier alpha value is -3.45. The second-order valence-electron chi connectivity index (χ2n) is 10.2. The number of fused-ring (bicyclic) bond motifs is 1. The fourth-order valence-corrected chi connectivity index (χ4v) is 5.60. The Bertz CT molecular complexity index is 1330. The number of anilines is 3. The summed E-state index contributed by atoms with van der Waals surface area (Å²) >= 11 is 0. The van der Waals surface area contributed by atoms with Crippen molar-refractivity contribution in [1.82, 2.24) is 24.4 Å². The minimum Gasteiger partial charge on any atom is -0.379 e. The highest BCUT2D eigenvalue weighted by atomic mass is 19.1. The minimum absolute atomic E-state index is 0.0224. The molecule has 1 aliphatic carbocycles. The van der Waals surface area contributed by atoms with Crippen molar-refractivity contribution in [2.24, 2.45) is 5.92 Å². The molecule has 13 heteroatoms. The van der Waals surface area contributed by atoms with Crippen LogP contribution in [0.2, 0.25) is 0 Å². The summed E-state index contributed by atoms with van der Waals surface area (Å²) in [7, 11) is 0. The molecule has 0 bridgehead atoms. The maximum Gasteiger partial charge on any atom is 0.225 e. The summed E-state index contributed by atoms with van der Waals surface area (Å²) in [6.45, 7) is 3.42. The van der Waals surface area contributed by atoms with E-state index in [0.29, 0.717) is 75.2 Å². The van der Waals surface area contributed by atoms with Gasteiger partial charge in [-0.2, -0.15) is 4.98 Å². The van der Waals surface area contributed by atoms with Gasteiger partial charge in [0.1, 0.15) is 17.0 Å². The molecule has 1 amide bonds. The molecule has 2 aromatic heterocycles. The van der Waals surface area contributed by atoms with Crippen LogP contribution < -0.4 is 10.6 Å². The SMILES string of the molecule is O=C(C1CCC(Nc2ncc3nc(Nc4c(F)cc(F)cc4F)n([C@H]4CCOC4)c3n2)CC1)N1CCOCC1. The normalized spacial score (nSPS) is 23.8. The van der Waals surface area contributed by atoms with Crippen LogP contribution in [-0.2, 0) is 14.3 Å². The number of carbonyl (C=O) groups is 1. The largest absolute Gasteiger partial charge is 0.379 e. The lowest BCUT2D eigenvalue weighted by atomic mass is 9.85. The van der Waals surface area contributed by atoms with E-state index < -0.39 is 23.1 Å². The van der Waals surface area contributed by atoms with Gasteiger partial charge in [0, 0.05) is 43.8 Å². The monoisotopic (exact) mass is 545 g/mol. The Labute approximate surface area is 222 Å². The predicted octanol–water partition coefficient (Wildman–Crippen LogP) is 3.78. The molecular formula is C26H30F3N7O3. The second-order valence-corrected chi connectivity index (χ2v) is 10.2. The smallest absolute Gasteiger partial charge is 0.225 e. The van der Waals surface area contributed by atoms with Crippen molar-refractivity contribution in [3.8, 4) is 0 Å². The van der Waals surface area contributed by atoms with Gasteiger partial charge in [0.2, 0.25) is 17.8 Å². The third-order valence-corrected chi connectivity index (χ3v) is 7.68.